The highest BCUT2D eigenvalue weighted by Crippen LogP contribution is 2.72. The van der Waals surface area contributed by atoms with Gasteiger partial charge in [0.05, 0.1) is 23.5 Å². The number of Topliss-reactive ketones (excluding diaryl/α,β-unsaturated/α-hetero) is 1. The van der Waals surface area contributed by atoms with E-state index in [1.54, 1.807) is 32.9 Å². The summed E-state index contributed by atoms with van der Waals surface area (Å²) in [7, 11) is 0. The summed E-state index contributed by atoms with van der Waals surface area (Å²) in [6.07, 6.45) is 0.465. The summed E-state index contributed by atoms with van der Waals surface area (Å²) in [5.74, 6) is -6.94. The number of ether oxygens (including phenoxy) is 6. The highest BCUT2D eigenvalue weighted by Gasteiger charge is 2.83. The monoisotopic (exact) mass is 697 g/mol. The fourth-order valence-corrected chi connectivity index (χ4v) is 10.5. The second-order valence-electron chi connectivity index (χ2n) is 15.6. The summed E-state index contributed by atoms with van der Waals surface area (Å²) in [5.41, 5.74) is -5.31. The van der Waals surface area contributed by atoms with Crippen LogP contribution in [0.5, 0.6) is 0 Å². The molecule has 5 fully saturated rings. The van der Waals surface area contributed by atoms with Gasteiger partial charge in [0.1, 0.15) is 17.3 Å². The van der Waals surface area contributed by atoms with Crippen LogP contribution in [0.25, 0.3) is 0 Å². The molecule has 4 aliphatic carbocycles. The summed E-state index contributed by atoms with van der Waals surface area (Å²) in [6.45, 7) is 12.7. The Morgan fingerprint density at radius 3 is 2.28 bits per heavy atom. The van der Waals surface area contributed by atoms with Gasteiger partial charge in [0.2, 0.25) is 0 Å². The number of pyridine rings is 1. The van der Waals surface area contributed by atoms with Crippen LogP contribution in [0.4, 0.5) is 0 Å². The van der Waals surface area contributed by atoms with Crippen molar-refractivity contribution in [2.45, 2.75) is 116 Å². The van der Waals surface area contributed by atoms with Gasteiger partial charge in [-0.2, -0.15) is 0 Å². The highest BCUT2D eigenvalue weighted by molar-refractivity contribution is 5.94. The quantitative estimate of drug-likeness (QED) is 0.284. The molecular weight excluding hydrogens is 650 g/mol. The molecule has 4 saturated carbocycles. The number of fused-ring (bicyclic) bond motifs is 2. The summed E-state index contributed by atoms with van der Waals surface area (Å²) in [5, 5.41) is 0. The maximum absolute atomic E-state index is 15.2. The van der Waals surface area contributed by atoms with Crippen molar-refractivity contribution >= 4 is 35.6 Å². The number of rotatable bonds is 8. The minimum Gasteiger partial charge on any atom is -0.459 e. The molecule has 13 atom stereocenters. The van der Waals surface area contributed by atoms with Crippen LogP contribution in [-0.4, -0.2) is 82.3 Å². The molecule has 0 aromatic carbocycles. The number of esters is 5. The predicted molar refractivity (Wildman–Crippen MR) is 172 cm³/mol. The van der Waals surface area contributed by atoms with E-state index in [2.05, 4.69) is 4.98 Å². The Bertz CT molecular complexity index is 1600. The number of carbonyl (C=O) groups is 6. The van der Waals surface area contributed by atoms with Gasteiger partial charge in [-0.3, -0.25) is 29.0 Å². The van der Waals surface area contributed by atoms with E-state index in [1.807, 2.05) is 13.8 Å². The molecule has 0 N–H and O–H groups in total. The molecule has 50 heavy (non-hydrogen) atoms. The molecule has 6 rings (SSSR count). The first-order chi connectivity index (χ1) is 23.4. The maximum atomic E-state index is 15.2. The average molecular weight is 698 g/mol. The zero-order valence-electron chi connectivity index (χ0n) is 29.9. The van der Waals surface area contributed by atoms with Gasteiger partial charge in [0.15, 0.2) is 23.6 Å². The molecule has 0 amide bonds. The van der Waals surface area contributed by atoms with E-state index in [4.69, 9.17) is 28.4 Å². The predicted octanol–water partition coefficient (Wildman–Crippen LogP) is 3.79. The molecule has 13 heteroatoms. The lowest BCUT2D eigenvalue weighted by Crippen LogP contribution is -2.73. The fraction of sp³-hybridized carbons (Fsp3) is 0.703. The van der Waals surface area contributed by atoms with Crippen molar-refractivity contribution in [2.24, 2.45) is 40.9 Å². The van der Waals surface area contributed by atoms with Crippen molar-refractivity contribution in [1.29, 1.82) is 0 Å². The third kappa shape index (κ3) is 5.33. The van der Waals surface area contributed by atoms with Crippen LogP contribution < -0.4 is 0 Å². The number of ketones is 1. The Balaban J connectivity index is 1.55. The molecule has 1 saturated heterocycles. The third-order valence-electron chi connectivity index (χ3n) is 12.3. The lowest BCUT2D eigenvalue weighted by Gasteiger charge is -2.63. The van der Waals surface area contributed by atoms with Gasteiger partial charge >= 0.3 is 29.8 Å². The summed E-state index contributed by atoms with van der Waals surface area (Å²) < 4.78 is 37.4. The van der Waals surface area contributed by atoms with Crippen molar-refractivity contribution in [3.63, 3.8) is 0 Å². The number of hydrogen-bond donors (Lipinski definition) is 0. The summed E-state index contributed by atoms with van der Waals surface area (Å²) in [6, 6.07) is 3.18. The van der Waals surface area contributed by atoms with E-state index in [1.165, 1.54) is 33.2 Å². The first-order valence-corrected chi connectivity index (χ1v) is 17.5. The Labute approximate surface area is 291 Å². The van der Waals surface area contributed by atoms with Crippen molar-refractivity contribution in [3.05, 3.63) is 30.1 Å². The van der Waals surface area contributed by atoms with Crippen molar-refractivity contribution in [3.8, 4) is 0 Å². The Kier molecular flexibility index (Phi) is 8.93. The normalized spacial score (nSPS) is 41.6. The minimum atomic E-state index is -1.59. The number of hydrogen-bond acceptors (Lipinski definition) is 13. The standard InChI is InChI=1S/C37H47NO12/c1-9-18(2)31(43)48-28-24-14-34(7,49-21(5)40)26(24)29-35(8)33(46-20(4)39)37(50-22(6)41)13-19(3)27(47-32(44)23-11-10-12-38-16-23)25(37)15-36(29,17-45-35)30(28)42/h10-12,16,18-19,24-29,33H,9,13-15,17H2,1-8H3/t18?,19-,24+,25-,26-,27-,28+,29-,33-,34-,35+,36+,37+/m0/s1. The second kappa shape index (κ2) is 12.4. The van der Waals surface area contributed by atoms with Gasteiger partial charge in [-0.1, -0.05) is 20.8 Å². The van der Waals surface area contributed by atoms with Gasteiger partial charge in [0, 0.05) is 56.8 Å². The van der Waals surface area contributed by atoms with E-state index >= 15 is 4.79 Å². The fourth-order valence-electron chi connectivity index (χ4n) is 10.5. The zero-order valence-corrected chi connectivity index (χ0v) is 29.9. The maximum Gasteiger partial charge on any atom is 0.339 e. The van der Waals surface area contributed by atoms with Crippen LogP contribution in [-0.2, 0) is 52.4 Å². The molecule has 13 nitrogen and oxygen atoms in total. The van der Waals surface area contributed by atoms with Gasteiger partial charge in [-0.15, -0.1) is 0 Å². The second-order valence-corrected chi connectivity index (χ2v) is 15.6. The number of aromatic nitrogens is 1. The third-order valence-corrected chi connectivity index (χ3v) is 12.3. The summed E-state index contributed by atoms with van der Waals surface area (Å²) in [4.78, 5) is 84.7. The molecular formula is C37H47NO12. The Morgan fingerprint density at radius 2 is 1.68 bits per heavy atom. The average Bonchev–Trinajstić information content (AvgIpc) is 3.44. The van der Waals surface area contributed by atoms with Gasteiger partial charge in [-0.25, -0.2) is 4.79 Å². The molecule has 5 aliphatic rings. The molecule has 0 radical (unpaired) electrons. The molecule has 2 heterocycles. The van der Waals surface area contributed by atoms with E-state index < -0.39 is 106 Å². The van der Waals surface area contributed by atoms with E-state index in [9.17, 15) is 24.0 Å². The van der Waals surface area contributed by atoms with Crippen LogP contribution in [0.2, 0.25) is 0 Å². The molecule has 1 unspecified atom stereocenters. The molecule has 1 aromatic rings. The van der Waals surface area contributed by atoms with E-state index in [0.717, 1.165) is 0 Å². The molecule has 272 valence electrons. The first kappa shape index (κ1) is 35.9. The topological polar surface area (TPSA) is 171 Å². The van der Waals surface area contributed by atoms with Crippen molar-refractivity contribution in [2.75, 3.05) is 6.61 Å². The van der Waals surface area contributed by atoms with Crippen LogP contribution in [0.3, 0.4) is 0 Å². The Morgan fingerprint density at radius 1 is 0.980 bits per heavy atom. The van der Waals surface area contributed by atoms with Crippen LogP contribution in [0.1, 0.15) is 91.4 Å². The number of nitrogens with zero attached hydrogens (tertiary/aromatic N) is 1. The van der Waals surface area contributed by atoms with Gasteiger partial charge in [-0.05, 0) is 57.6 Å². The largest absolute Gasteiger partial charge is 0.459 e. The van der Waals surface area contributed by atoms with Crippen LogP contribution >= 0.6 is 0 Å². The zero-order chi connectivity index (χ0) is 36.6. The number of carbonyl (C=O) groups excluding carboxylic acids is 6. The SMILES string of the molecule is CCC(C)C(=O)O[C@H]1C(=O)[C@]23CO[C@](C)([C@@H]2[C@@H]2[C@H]1C[C@]2(C)OC(C)=O)[C@H](OC(C)=O)[C@@]1(OC(C)=O)C[C@H](C)[C@H](OC(=O)c2cccnc2)[C@@H]1C3. The van der Waals surface area contributed by atoms with Crippen molar-refractivity contribution in [1.82, 2.24) is 4.98 Å². The smallest absolute Gasteiger partial charge is 0.339 e. The van der Waals surface area contributed by atoms with Crippen molar-refractivity contribution < 1.29 is 57.2 Å². The molecule has 0 spiro atoms. The molecule has 1 aromatic heterocycles. The van der Waals surface area contributed by atoms with Crippen LogP contribution in [0, 0.1) is 40.9 Å². The summed E-state index contributed by atoms with van der Waals surface area (Å²) >= 11 is 0. The lowest BCUT2D eigenvalue weighted by molar-refractivity contribution is -0.260. The van der Waals surface area contributed by atoms with Gasteiger partial charge in [0.25, 0.3) is 0 Å². The van der Waals surface area contributed by atoms with Gasteiger partial charge < -0.3 is 28.4 Å². The lowest BCUT2D eigenvalue weighted by atomic mass is 9.42. The molecule has 2 bridgehead atoms. The molecule has 1 aliphatic heterocycles. The first-order valence-electron chi connectivity index (χ1n) is 17.5. The highest BCUT2D eigenvalue weighted by atomic mass is 16.6. The minimum absolute atomic E-state index is 0.0107. The van der Waals surface area contributed by atoms with E-state index in [0.29, 0.717) is 6.42 Å². The van der Waals surface area contributed by atoms with Crippen LogP contribution in [0.15, 0.2) is 24.5 Å². The Hall–Kier alpha value is -3.87. The van der Waals surface area contributed by atoms with E-state index in [-0.39, 0.29) is 37.2 Å².